The lowest BCUT2D eigenvalue weighted by atomic mass is 10.1. The predicted molar refractivity (Wildman–Crippen MR) is 91.3 cm³/mol. The summed E-state index contributed by atoms with van der Waals surface area (Å²) in [4.78, 5) is 4.53. The van der Waals surface area contributed by atoms with Crippen LogP contribution in [0.15, 0.2) is 66.9 Å². The number of fused-ring (bicyclic) bond motifs is 1. The average molecular weight is 321 g/mol. The molecule has 0 saturated heterocycles. The van der Waals surface area contributed by atoms with Gasteiger partial charge in [0, 0.05) is 16.8 Å². The Kier molecular flexibility index (Phi) is 3.52. The molecule has 23 heavy (non-hydrogen) atoms. The molecule has 0 radical (unpaired) electrons. The zero-order valence-electron chi connectivity index (χ0n) is 12.2. The zero-order valence-corrected chi connectivity index (χ0v) is 13.0. The topological polar surface area (TPSA) is 43.6 Å². The van der Waals surface area contributed by atoms with E-state index < -0.39 is 0 Å². The van der Waals surface area contributed by atoms with Crippen LogP contribution in [0.2, 0.25) is 5.02 Å². The van der Waals surface area contributed by atoms with Crippen LogP contribution in [0, 0.1) is 0 Å². The molecule has 4 nitrogen and oxygen atoms in total. The molecule has 0 fully saturated rings. The maximum Gasteiger partial charge on any atom is 0.113 e. The molecule has 0 bridgehead atoms. The molecule has 0 amide bonds. The van der Waals surface area contributed by atoms with Gasteiger partial charge in [-0.15, -0.1) is 5.10 Å². The van der Waals surface area contributed by atoms with Gasteiger partial charge in [-0.05, 0) is 35.9 Å². The second-order valence-corrected chi connectivity index (χ2v) is 5.73. The molecule has 0 aliphatic heterocycles. The highest BCUT2D eigenvalue weighted by atomic mass is 35.5. The lowest BCUT2D eigenvalue weighted by molar-refractivity contribution is 0.668. The van der Waals surface area contributed by atoms with Gasteiger partial charge in [0.15, 0.2) is 0 Å². The lowest BCUT2D eigenvalue weighted by Crippen LogP contribution is -2.02. The molecule has 112 valence electrons. The van der Waals surface area contributed by atoms with Crippen molar-refractivity contribution < 1.29 is 0 Å². The van der Waals surface area contributed by atoms with Crippen LogP contribution in [-0.4, -0.2) is 20.0 Å². The van der Waals surface area contributed by atoms with Crippen molar-refractivity contribution in [1.82, 2.24) is 20.0 Å². The maximum absolute atomic E-state index is 5.92. The second-order valence-electron chi connectivity index (χ2n) is 5.29. The van der Waals surface area contributed by atoms with E-state index in [9.17, 15) is 0 Å². The Bertz CT molecular complexity index is 943. The number of para-hydroxylation sites is 1. The van der Waals surface area contributed by atoms with Crippen LogP contribution in [0.3, 0.4) is 0 Å². The van der Waals surface area contributed by atoms with Crippen molar-refractivity contribution in [3.05, 3.63) is 77.4 Å². The van der Waals surface area contributed by atoms with Gasteiger partial charge in [-0.2, -0.15) is 0 Å². The SMILES string of the molecule is Clc1ccc(-c2ccc(Cn3nnc4ccccc43)cn2)cc1. The standard InChI is InChI=1S/C18H13ClN4/c19-15-8-6-14(7-9-15)16-10-5-13(11-20-16)12-23-18-4-2-1-3-17(18)21-22-23/h1-11H,12H2. The Morgan fingerprint density at radius 2 is 1.74 bits per heavy atom. The molecule has 0 unspecified atom stereocenters. The minimum Gasteiger partial charge on any atom is -0.256 e. The van der Waals surface area contributed by atoms with Crippen LogP contribution in [0.4, 0.5) is 0 Å². The van der Waals surface area contributed by atoms with Crippen LogP contribution in [0.25, 0.3) is 22.3 Å². The van der Waals surface area contributed by atoms with Gasteiger partial charge in [-0.25, -0.2) is 4.68 Å². The van der Waals surface area contributed by atoms with E-state index in [1.807, 2.05) is 65.5 Å². The predicted octanol–water partition coefficient (Wildman–Crippen LogP) is 4.20. The number of hydrogen-bond donors (Lipinski definition) is 0. The normalized spacial score (nSPS) is 11.0. The third-order valence-corrected chi connectivity index (χ3v) is 3.97. The molecule has 4 rings (SSSR count). The smallest absolute Gasteiger partial charge is 0.113 e. The molecule has 2 aromatic carbocycles. The first-order valence-corrected chi connectivity index (χ1v) is 7.66. The molecule has 0 N–H and O–H groups in total. The Balaban J connectivity index is 1.60. The molecule has 5 heteroatoms. The Labute approximate surface area is 138 Å². The van der Waals surface area contributed by atoms with Crippen LogP contribution >= 0.6 is 11.6 Å². The van der Waals surface area contributed by atoms with E-state index in [0.29, 0.717) is 6.54 Å². The number of nitrogens with zero attached hydrogens (tertiary/aromatic N) is 4. The first-order chi connectivity index (χ1) is 11.3. The van der Waals surface area contributed by atoms with Crippen LogP contribution in [0.5, 0.6) is 0 Å². The van der Waals surface area contributed by atoms with Gasteiger partial charge in [0.2, 0.25) is 0 Å². The van der Waals surface area contributed by atoms with Gasteiger partial charge in [-0.1, -0.05) is 47.1 Å². The molecular formula is C18H13ClN4. The molecule has 0 aliphatic rings. The number of hydrogen-bond acceptors (Lipinski definition) is 3. The molecule has 0 atom stereocenters. The van der Waals surface area contributed by atoms with Gasteiger partial charge < -0.3 is 0 Å². The van der Waals surface area contributed by atoms with Crippen molar-refractivity contribution >= 4 is 22.6 Å². The second kappa shape index (κ2) is 5.82. The van der Waals surface area contributed by atoms with E-state index in [1.54, 1.807) is 0 Å². The summed E-state index contributed by atoms with van der Waals surface area (Å²) in [6.07, 6.45) is 1.88. The van der Waals surface area contributed by atoms with Gasteiger partial charge in [0.1, 0.15) is 5.52 Å². The molecule has 2 aromatic heterocycles. The minimum absolute atomic E-state index is 0.647. The van der Waals surface area contributed by atoms with E-state index in [2.05, 4.69) is 21.4 Å². The fourth-order valence-electron chi connectivity index (χ4n) is 2.52. The summed E-state index contributed by atoms with van der Waals surface area (Å²) in [7, 11) is 0. The molecular weight excluding hydrogens is 308 g/mol. The van der Waals surface area contributed by atoms with E-state index in [-0.39, 0.29) is 0 Å². The highest BCUT2D eigenvalue weighted by molar-refractivity contribution is 6.30. The number of rotatable bonds is 3. The molecule has 4 aromatic rings. The highest BCUT2D eigenvalue weighted by Gasteiger charge is 2.05. The molecule has 2 heterocycles. The molecule has 0 aliphatic carbocycles. The third-order valence-electron chi connectivity index (χ3n) is 3.72. The highest BCUT2D eigenvalue weighted by Crippen LogP contribution is 2.20. The average Bonchev–Trinajstić information content (AvgIpc) is 3.00. The summed E-state index contributed by atoms with van der Waals surface area (Å²) in [5.74, 6) is 0. The molecule has 0 saturated carbocycles. The summed E-state index contributed by atoms with van der Waals surface area (Å²) < 4.78 is 1.88. The van der Waals surface area contributed by atoms with Gasteiger partial charge in [-0.3, -0.25) is 4.98 Å². The zero-order chi connectivity index (χ0) is 15.6. The summed E-state index contributed by atoms with van der Waals surface area (Å²) in [6.45, 7) is 0.647. The van der Waals surface area contributed by atoms with Crippen molar-refractivity contribution in [1.29, 1.82) is 0 Å². The first-order valence-electron chi connectivity index (χ1n) is 7.29. The Hall–Kier alpha value is -2.72. The summed E-state index contributed by atoms with van der Waals surface area (Å²) in [6, 6.07) is 19.7. The van der Waals surface area contributed by atoms with E-state index >= 15 is 0 Å². The van der Waals surface area contributed by atoms with E-state index in [0.717, 1.165) is 32.9 Å². The minimum atomic E-state index is 0.647. The number of aromatic nitrogens is 4. The summed E-state index contributed by atoms with van der Waals surface area (Å²) >= 11 is 5.92. The number of benzene rings is 2. The number of pyridine rings is 1. The first kappa shape index (κ1) is 13.9. The van der Waals surface area contributed by atoms with Crippen molar-refractivity contribution in [3.63, 3.8) is 0 Å². The lowest BCUT2D eigenvalue weighted by Gasteiger charge is -2.05. The Morgan fingerprint density at radius 1 is 0.913 bits per heavy atom. The quantitative estimate of drug-likeness (QED) is 0.568. The molecule has 0 spiro atoms. The van der Waals surface area contributed by atoms with Crippen LogP contribution in [0.1, 0.15) is 5.56 Å². The van der Waals surface area contributed by atoms with Gasteiger partial charge in [0.05, 0.1) is 17.8 Å². The fraction of sp³-hybridized carbons (Fsp3) is 0.0556. The van der Waals surface area contributed by atoms with E-state index in [4.69, 9.17) is 11.6 Å². The number of halogens is 1. The van der Waals surface area contributed by atoms with Crippen molar-refractivity contribution in [2.45, 2.75) is 6.54 Å². The van der Waals surface area contributed by atoms with Crippen molar-refractivity contribution in [2.75, 3.05) is 0 Å². The summed E-state index contributed by atoms with van der Waals surface area (Å²) in [5, 5.41) is 9.10. The van der Waals surface area contributed by atoms with Gasteiger partial charge >= 0.3 is 0 Å². The summed E-state index contributed by atoms with van der Waals surface area (Å²) in [5.41, 5.74) is 4.98. The van der Waals surface area contributed by atoms with Crippen molar-refractivity contribution in [2.24, 2.45) is 0 Å². The van der Waals surface area contributed by atoms with E-state index in [1.165, 1.54) is 0 Å². The Morgan fingerprint density at radius 3 is 2.52 bits per heavy atom. The van der Waals surface area contributed by atoms with Crippen LogP contribution < -0.4 is 0 Å². The van der Waals surface area contributed by atoms with Crippen LogP contribution in [-0.2, 0) is 6.54 Å². The van der Waals surface area contributed by atoms with Crippen molar-refractivity contribution in [3.8, 4) is 11.3 Å². The maximum atomic E-state index is 5.92. The largest absolute Gasteiger partial charge is 0.256 e. The van der Waals surface area contributed by atoms with Gasteiger partial charge in [0.25, 0.3) is 0 Å². The third kappa shape index (κ3) is 2.81. The fourth-order valence-corrected chi connectivity index (χ4v) is 2.64. The monoisotopic (exact) mass is 320 g/mol.